The third kappa shape index (κ3) is 3.49. The molecular weight excluding hydrogens is 259 g/mol. The first kappa shape index (κ1) is 14.3. The third-order valence-electron chi connectivity index (χ3n) is 1.78. The van der Waals surface area contributed by atoms with Crippen LogP contribution in [0.2, 0.25) is 0 Å². The highest BCUT2D eigenvalue weighted by molar-refractivity contribution is 7.89. The third-order valence-corrected chi connectivity index (χ3v) is 3.99. The van der Waals surface area contributed by atoms with Crippen LogP contribution in [-0.4, -0.2) is 31.5 Å². The van der Waals surface area contributed by atoms with Crippen molar-refractivity contribution >= 4 is 33.2 Å². The summed E-state index contributed by atoms with van der Waals surface area (Å²) >= 11 is 11.0. The molecule has 0 radical (unpaired) electrons. The molecule has 14 heavy (non-hydrogen) atoms. The number of rotatable bonds is 6. The zero-order valence-electron chi connectivity index (χ0n) is 7.44. The fourth-order valence-electron chi connectivity index (χ4n) is 0.698. The van der Waals surface area contributed by atoms with Gasteiger partial charge in [-0.05, 0) is 6.42 Å². The van der Waals surface area contributed by atoms with E-state index in [0.29, 0.717) is 0 Å². The Morgan fingerprint density at radius 2 is 1.79 bits per heavy atom. The molecule has 0 rings (SSSR count). The first-order chi connectivity index (χ1) is 6.33. The minimum absolute atomic E-state index is 0.154. The van der Waals surface area contributed by atoms with Gasteiger partial charge in [0.1, 0.15) is 0 Å². The Labute approximate surface area is 91.8 Å². The fourth-order valence-corrected chi connectivity index (χ4v) is 2.63. The molecule has 0 aliphatic heterocycles. The average molecular weight is 270 g/mol. The Kier molecular flexibility index (Phi) is 5.57. The molecule has 0 atom stereocenters. The SMILES string of the molecule is CCC(CCl)(CCl)NS(=O)(=O)C(F)F. The summed E-state index contributed by atoms with van der Waals surface area (Å²) in [6, 6.07) is 0. The van der Waals surface area contributed by atoms with Gasteiger partial charge in [0.15, 0.2) is 0 Å². The van der Waals surface area contributed by atoms with Crippen molar-refractivity contribution in [2.24, 2.45) is 0 Å². The molecule has 0 saturated heterocycles. The first-order valence-electron chi connectivity index (χ1n) is 3.76. The van der Waals surface area contributed by atoms with Crippen LogP contribution < -0.4 is 4.72 Å². The zero-order chi connectivity index (χ0) is 11.4. The topological polar surface area (TPSA) is 46.2 Å². The highest BCUT2D eigenvalue weighted by Crippen LogP contribution is 2.18. The maximum absolute atomic E-state index is 12.0. The van der Waals surface area contributed by atoms with Gasteiger partial charge in [0.2, 0.25) is 0 Å². The summed E-state index contributed by atoms with van der Waals surface area (Å²) in [6.07, 6.45) is 0.242. The molecule has 86 valence electrons. The van der Waals surface area contributed by atoms with Crippen LogP contribution in [-0.2, 0) is 10.0 Å². The van der Waals surface area contributed by atoms with Gasteiger partial charge in [-0.3, -0.25) is 0 Å². The minimum Gasteiger partial charge on any atom is -0.206 e. The van der Waals surface area contributed by atoms with E-state index in [4.69, 9.17) is 23.2 Å². The molecular formula is C6H11Cl2F2NO2S. The summed E-state index contributed by atoms with van der Waals surface area (Å²) in [5.74, 6) is -3.78. The van der Waals surface area contributed by atoms with Crippen LogP contribution in [0, 0.1) is 0 Å². The van der Waals surface area contributed by atoms with Gasteiger partial charge in [0, 0.05) is 11.8 Å². The lowest BCUT2D eigenvalue weighted by Gasteiger charge is -2.28. The highest BCUT2D eigenvalue weighted by atomic mass is 35.5. The first-order valence-corrected chi connectivity index (χ1v) is 6.38. The lowest BCUT2D eigenvalue weighted by molar-refractivity contribution is 0.229. The predicted octanol–water partition coefficient (Wildman–Crippen LogP) is 1.75. The van der Waals surface area contributed by atoms with E-state index in [1.54, 1.807) is 6.92 Å². The summed E-state index contributed by atoms with van der Waals surface area (Å²) in [6.45, 7) is 1.61. The predicted molar refractivity (Wildman–Crippen MR) is 52.5 cm³/mol. The molecule has 0 aromatic heterocycles. The van der Waals surface area contributed by atoms with Crippen LogP contribution in [0.15, 0.2) is 0 Å². The van der Waals surface area contributed by atoms with Gasteiger partial charge in [0.25, 0.3) is 10.0 Å². The maximum Gasteiger partial charge on any atom is 0.350 e. The molecule has 3 nitrogen and oxygen atoms in total. The normalized spacial score (nSPS) is 13.6. The summed E-state index contributed by atoms with van der Waals surface area (Å²) in [4.78, 5) is 0. The summed E-state index contributed by atoms with van der Waals surface area (Å²) in [7, 11) is -4.64. The molecule has 0 bridgehead atoms. The van der Waals surface area contributed by atoms with Gasteiger partial charge in [0.05, 0.1) is 5.54 Å². The van der Waals surface area contributed by atoms with Gasteiger partial charge >= 0.3 is 5.76 Å². The number of alkyl halides is 4. The molecule has 0 aliphatic rings. The Morgan fingerprint density at radius 1 is 1.36 bits per heavy atom. The molecule has 0 aromatic rings. The van der Waals surface area contributed by atoms with E-state index in [0.717, 1.165) is 0 Å². The van der Waals surface area contributed by atoms with Gasteiger partial charge in [-0.25, -0.2) is 13.1 Å². The van der Waals surface area contributed by atoms with Crippen molar-refractivity contribution < 1.29 is 17.2 Å². The second kappa shape index (κ2) is 5.44. The van der Waals surface area contributed by atoms with E-state index in [-0.39, 0.29) is 18.2 Å². The van der Waals surface area contributed by atoms with Crippen molar-refractivity contribution in [2.45, 2.75) is 24.6 Å². The Balaban J connectivity index is 4.78. The minimum atomic E-state index is -4.64. The molecule has 0 aliphatic carbocycles. The van der Waals surface area contributed by atoms with Crippen molar-refractivity contribution in [2.75, 3.05) is 11.8 Å². The van der Waals surface area contributed by atoms with E-state index < -0.39 is 21.3 Å². The summed E-state index contributed by atoms with van der Waals surface area (Å²) < 4.78 is 47.5. The van der Waals surface area contributed by atoms with Crippen LogP contribution in [0.3, 0.4) is 0 Å². The van der Waals surface area contributed by atoms with E-state index in [1.807, 2.05) is 4.72 Å². The van der Waals surface area contributed by atoms with Crippen LogP contribution in [0.25, 0.3) is 0 Å². The van der Waals surface area contributed by atoms with E-state index in [9.17, 15) is 17.2 Å². The van der Waals surface area contributed by atoms with Crippen LogP contribution in [0.4, 0.5) is 8.78 Å². The monoisotopic (exact) mass is 269 g/mol. The van der Waals surface area contributed by atoms with Gasteiger partial charge in [-0.2, -0.15) is 8.78 Å². The van der Waals surface area contributed by atoms with E-state index in [2.05, 4.69) is 0 Å². The molecule has 0 spiro atoms. The van der Waals surface area contributed by atoms with Crippen LogP contribution >= 0.6 is 23.2 Å². The van der Waals surface area contributed by atoms with Crippen molar-refractivity contribution in [1.29, 1.82) is 0 Å². The van der Waals surface area contributed by atoms with Crippen LogP contribution in [0.5, 0.6) is 0 Å². The summed E-state index contributed by atoms with van der Waals surface area (Å²) in [5.41, 5.74) is -1.20. The average Bonchev–Trinajstić information content (AvgIpc) is 2.14. The number of halogens is 4. The van der Waals surface area contributed by atoms with E-state index in [1.165, 1.54) is 0 Å². The lowest BCUT2D eigenvalue weighted by atomic mass is 10.0. The van der Waals surface area contributed by atoms with Gasteiger partial charge < -0.3 is 0 Å². The molecule has 0 fully saturated rings. The van der Waals surface area contributed by atoms with Crippen LogP contribution in [0.1, 0.15) is 13.3 Å². The lowest BCUT2D eigenvalue weighted by Crippen LogP contribution is -2.52. The number of nitrogens with one attached hydrogen (secondary N) is 1. The zero-order valence-corrected chi connectivity index (χ0v) is 9.76. The number of sulfonamides is 1. The quantitative estimate of drug-likeness (QED) is 0.747. The second-order valence-electron chi connectivity index (χ2n) is 2.81. The van der Waals surface area contributed by atoms with Gasteiger partial charge in [-0.15, -0.1) is 23.2 Å². The van der Waals surface area contributed by atoms with Crippen molar-refractivity contribution in [3.63, 3.8) is 0 Å². The molecule has 0 amide bonds. The maximum atomic E-state index is 12.0. The smallest absolute Gasteiger partial charge is 0.206 e. The Morgan fingerprint density at radius 3 is 2.00 bits per heavy atom. The number of hydrogen-bond donors (Lipinski definition) is 1. The van der Waals surface area contributed by atoms with Crippen molar-refractivity contribution in [3.05, 3.63) is 0 Å². The van der Waals surface area contributed by atoms with E-state index >= 15 is 0 Å². The summed E-state index contributed by atoms with van der Waals surface area (Å²) in [5, 5.41) is 0. The van der Waals surface area contributed by atoms with Crippen molar-refractivity contribution in [3.8, 4) is 0 Å². The molecule has 1 N–H and O–H groups in total. The molecule has 8 heteroatoms. The number of hydrogen-bond acceptors (Lipinski definition) is 2. The van der Waals surface area contributed by atoms with Crippen molar-refractivity contribution in [1.82, 2.24) is 4.72 Å². The standard InChI is InChI=1S/C6H11Cl2F2NO2S/c1-2-6(3-7,4-8)11-14(12,13)5(9)10/h5,11H,2-4H2,1H3. The highest BCUT2D eigenvalue weighted by Gasteiger charge is 2.35. The molecule has 0 heterocycles. The Hall–Kier alpha value is 0.350. The fraction of sp³-hybridized carbons (Fsp3) is 1.00. The molecule has 0 saturated carbocycles. The Bertz CT molecular complexity index is 259. The largest absolute Gasteiger partial charge is 0.350 e. The van der Waals surface area contributed by atoms with Gasteiger partial charge in [-0.1, -0.05) is 6.92 Å². The molecule has 0 unspecified atom stereocenters. The molecule has 0 aromatic carbocycles. The second-order valence-corrected chi connectivity index (χ2v) is 4.99.